The van der Waals surface area contributed by atoms with Crippen LogP contribution in [0.25, 0.3) is 0 Å². The van der Waals surface area contributed by atoms with E-state index >= 15 is 0 Å². The van der Waals surface area contributed by atoms with Gasteiger partial charge in [0.25, 0.3) is 0 Å². The topological polar surface area (TPSA) is 9.23 Å². The SMILES string of the molecule is C=CCO/C=C/CSc1ccccc1. The minimum atomic E-state index is 0.576. The summed E-state index contributed by atoms with van der Waals surface area (Å²) in [5, 5.41) is 0. The van der Waals surface area contributed by atoms with Crippen molar-refractivity contribution in [2.45, 2.75) is 4.90 Å². The number of hydrogen-bond acceptors (Lipinski definition) is 2. The molecular weight excluding hydrogens is 192 g/mol. The Balaban J connectivity index is 2.15. The number of rotatable bonds is 6. The second kappa shape index (κ2) is 7.27. The average Bonchev–Trinajstić information content (AvgIpc) is 2.25. The second-order valence-electron chi connectivity index (χ2n) is 2.62. The highest BCUT2D eigenvalue weighted by molar-refractivity contribution is 7.99. The van der Waals surface area contributed by atoms with E-state index in [0.717, 1.165) is 5.75 Å². The molecule has 0 aromatic heterocycles. The maximum atomic E-state index is 5.11. The highest BCUT2D eigenvalue weighted by Gasteiger charge is 1.87. The zero-order valence-corrected chi connectivity index (χ0v) is 8.87. The molecule has 0 amide bonds. The zero-order chi connectivity index (χ0) is 10.1. The van der Waals surface area contributed by atoms with Gasteiger partial charge in [0.15, 0.2) is 0 Å². The van der Waals surface area contributed by atoms with Crippen molar-refractivity contribution in [2.75, 3.05) is 12.4 Å². The molecule has 0 bridgehead atoms. The first-order chi connectivity index (χ1) is 6.93. The smallest absolute Gasteiger partial charge is 0.105 e. The first kappa shape index (κ1) is 10.9. The van der Waals surface area contributed by atoms with Gasteiger partial charge in [0.05, 0.1) is 6.26 Å². The molecule has 0 aliphatic heterocycles. The van der Waals surface area contributed by atoms with Crippen LogP contribution < -0.4 is 0 Å². The summed E-state index contributed by atoms with van der Waals surface area (Å²) >= 11 is 1.79. The minimum absolute atomic E-state index is 0.576. The monoisotopic (exact) mass is 206 g/mol. The highest BCUT2D eigenvalue weighted by atomic mass is 32.2. The molecule has 1 aromatic rings. The molecule has 0 spiro atoms. The molecule has 14 heavy (non-hydrogen) atoms. The van der Waals surface area contributed by atoms with E-state index in [4.69, 9.17) is 4.74 Å². The molecule has 0 aliphatic carbocycles. The molecule has 0 radical (unpaired) electrons. The van der Waals surface area contributed by atoms with E-state index in [1.807, 2.05) is 24.3 Å². The summed E-state index contributed by atoms with van der Waals surface area (Å²) in [4.78, 5) is 1.28. The van der Waals surface area contributed by atoms with Crippen molar-refractivity contribution >= 4 is 11.8 Å². The summed E-state index contributed by atoms with van der Waals surface area (Å²) in [5.41, 5.74) is 0. The molecule has 0 N–H and O–H groups in total. The molecule has 0 saturated heterocycles. The number of hydrogen-bond donors (Lipinski definition) is 0. The number of benzene rings is 1. The molecule has 2 heteroatoms. The van der Waals surface area contributed by atoms with Gasteiger partial charge in [-0.3, -0.25) is 0 Å². The van der Waals surface area contributed by atoms with E-state index in [1.54, 1.807) is 24.1 Å². The Morgan fingerprint density at radius 1 is 1.29 bits per heavy atom. The lowest BCUT2D eigenvalue weighted by molar-refractivity contribution is 0.289. The second-order valence-corrected chi connectivity index (χ2v) is 3.71. The normalized spacial score (nSPS) is 10.3. The Hall–Kier alpha value is -1.15. The molecule has 0 atom stereocenters. The third-order valence-electron chi connectivity index (χ3n) is 1.50. The summed E-state index contributed by atoms with van der Waals surface area (Å²) in [6, 6.07) is 10.3. The maximum Gasteiger partial charge on any atom is 0.105 e. The van der Waals surface area contributed by atoms with Crippen LogP contribution in [0.2, 0.25) is 0 Å². The zero-order valence-electron chi connectivity index (χ0n) is 8.06. The van der Waals surface area contributed by atoms with E-state index in [-0.39, 0.29) is 0 Å². The Labute approximate surface area is 89.5 Å². The third kappa shape index (κ3) is 4.77. The molecular formula is C12H14OS. The van der Waals surface area contributed by atoms with E-state index in [1.165, 1.54) is 4.90 Å². The Morgan fingerprint density at radius 2 is 2.07 bits per heavy atom. The Kier molecular flexibility index (Phi) is 5.68. The molecule has 0 saturated carbocycles. The van der Waals surface area contributed by atoms with Crippen LogP contribution in [0.4, 0.5) is 0 Å². The predicted molar refractivity (Wildman–Crippen MR) is 62.5 cm³/mol. The van der Waals surface area contributed by atoms with Crippen LogP contribution in [-0.2, 0) is 4.74 Å². The van der Waals surface area contributed by atoms with Gasteiger partial charge in [-0.1, -0.05) is 30.9 Å². The van der Waals surface area contributed by atoms with Crippen molar-refractivity contribution in [3.8, 4) is 0 Å². The van der Waals surface area contributed by atoms with E-state index in [9.17, 15) is 0 Å². The summed E-state index contributed by atoms with van der Waals surface area (Å²) < 4.78 is 5.11. The quantitative estimate of drug-likeness (QED) is 0.305. The molecule has 0 unspecified atom stereocenters. The van der Waals surface area contributed by atoms with Crippen molar-refractivity contribution in [1.82, 2.24) is 0 Å². The van der Waals surface area contributed by atoms with Crippen LogP contribution in [0.3, 0.4) is 0 Å². The van der Waals surface area contributed by atoms with Gasteiger partial charge < -0.3 is 4.74 Å². The molecule has 0 heterocycles. The van der Waals surface area contributed by atoms with Gasteiger partial charge in [-0.25, -0.2) is 0 Å². The number of thioether (sulfide) groups is 1. The molecule has 1 nitrogen and oxygen atoms in total. The van der Waals surface area contributed by atoms with Crippen molar-refractivity contribution in [1.29, 1.82) is 0 Å². The van der Waals surface area contributed by atoms with Crippen LogP contribution in [0.1, 0.15) is 0 Å². The molecule has 0 aliphatic rings. The van der Waals surface area contributed by atoms with Crippen LogP contribution >= 0.6 is 11.8 Å². The van der Waals surface area contributed by atoms with Crippen LogP contribution in [0.15, 0.2) is 60.2 Å². The standard InChI is InChI=1S/C12H14OS/c1-2-9-13-10-6-11-14-12-7-4-3-5-8-12/h2-8,10H,1,9,11H2/b10-6+. The molecule has 0 fully saturated rings. The van der Waals surface area contributed by atoms with Crippen LogP contribution in [0.5, 0.6) is 0 Å². The largest absolute Gasteiger partial charge is 0.497 e. The Bertz CT molecular complexity index is 280. The summed E-state index contributed by atoms with van der Waals surface area (Å²) in [6.07, 6.45) is 5.45. The first-order valence-corrected chi connectivity index (χ1v) is 5.47. The van der Waals surface area contributed by atoms with E-state index in [0.29, 0.717) is 6.61 Å². The predicted octanol–water partition coefficient (Wildman–Crippen LogP) is 3.50. The summed E-state index contributed by atoms with van der Waals surface area (Å²) in [5.74, 6) is 0.932. The van der Waals surface area contributed by atoms with Gasteiger partial charge in [-0.05, 0) is 18.2 Å². The van der Waals surface area contributed by atoms with E-state index < -0.39 is 0 Å². The highest BCUT2D eigenvalue weighted by Crippen LogP contribution is 2.16. The lowest BCUT2D eigenvalue weighted by Gasteiger charge is -1.96. The van der Waals surface area contributed by atoms with Crippen LogP contribution in [0, 0.1) is 0 Å². The maximum absolute atomic E-state index is 5.11. The lowest BCUT2D eigenvalue weighted by atomic mass is 10.4. The third-order valence-corrected chi connectivity index (χ3v) is 2.46. The average molecular weight is 206 g/mol. The summed E-state index contributed by atoms with van der Waals surface area (Å²) in [7, 11) is 0. The van der Waals surface area contributed by atoms with Crippen molar-refractivity contribution < 1.29 is 4.74 Å². The van der Waals surface area contributed by atoms with Gasteiger partial charge in [0.2, 0.25) is 0 Å². The molecule has 74 valence electrons. The van der Waals surface area contributed by atoms with Crippen molar-refractivity contribution in [2.24, 2.45) is 0 Å². The fraction of sp³-hybridized carbons (Fsp3) is 0.167. The van der Waals surface area contributed by atoms with Crippen molar-refractivity contribution in [3.63, 3.8) is 0 Å². The fourth-order valence-electron chi connectivity index (χ4n) is 0.892. The van der Waals surface area contributed by atoms with Crippen LogP contribution in [-0.4, -0.2) is 12.4 Å². The minimum Gasteiger partial charge on any atom is -0.497 e. The van der Waals surface area contributed by atoms with Crippen molar-refractivity contribution in [3.05, 3.63) is 55.3 Å². The summed E-state index contributed by atoms with van der Waals surface area (Å²) in [6.45, 7) is 4.14. The van der Waals surface area contributed by atoms with Gasteiger partial charge in [0, 0.05) is 10.6 Å². The molecule has 1 rings (SSSR count). The van der Waals surface area contributed by atoms with Gasteiger partial charge in [-0.15, -0.1) is 11.8 Å². The number of ether oxygens (including phenoxy) is 1. The Morgan fingerprint density at radius 3 is 2.79 bits per heavy atom. The van der Waals surface area contributed by atoms with E-state index in [2.05, 4.69) is 18.7 Å². The fourth-order valence-corrected chi connectivity index (χ4v) is 1.61. The lowest BCUT2D eigenvalue weighted by Crippen LogP contribution is -1.79. The molecule has 1 aromatic carbocycles. The van der Waals surface area contributed by atoms with Gasteiger partial charge in [-0.2, -0.15) is 0 Å². The van der Waals surface area contributed by atoms with Gasteiger partial charge in [0.1, 0.15) is 6.61 Å². The van der Waals surface area contributed by atoms with Gasteiger partial charge >= 0.3 is 0 Å². The first-order valence-electron chi connectivity index (χ1n) is 4.49.